The van der Waals surface area contributed by atoms with Gasteiger partial charge in [0.2, 0.25) is 5.91 Å². The summed E-state index contributed by atoms with van der Waals surface area (Å²) in [5, 5.41) is 2.66. The van der Waals surface area contributed by atoms with Crippen molar-refractivity contribution in [2.24, 2.45) is 0 Å². The first kappa shape index (κ1) is 30.4. The Balaban J connectivity index is 2.04. The zero-order chi connectivity index (χ0) is 29.4. The number of halogens is 1. The number of hydrogen-bond acceptors (Lipinski definition) is 9. The van der Waals surface area contributed by atoms with E-state index in [4.69, 9.17) is 35.3 Å². The van der Waals surface area contributed by atoms with E-state index in [-0.39, 0.29) is 45.0 Å². The number of sulfonamides is 1. The Hall–Kier alpha value is -4.16. The molecule has 3 rings (SSSR count). The van der Waals surface area contributed by atoms with E-state index in [2.05, 4.69) is 5.32 Å². The molecule has 0 bridgehead atoms. The minimum Gasteiger partial charge on any atom is -0.497 e. The van der Waals surface area contributed by atoms with Crippen molar-refractivity contribution >= 4 is 44.9 Å². The fraction of sp³-hybridized carbons (Fsp3) is 0.259. The maximum absolute atomic E-state index is 14.0. The van der Waals surface area contributed by atoms with Crippen LogP contribution in [0.25, 0.3) is 0 Å². The number of hydrogen-bond donors (Lipinski definition) is 1. The van der Waals surface area contributed by atoms with E-state index in [9.17, 15) is 18.0 Å². The number of anilines is 2. The lowest BCUT2D eigenvalue weighted by atomic mass is 10.2. The average Bonchev–Trinajstić information content (AvgIpc) is 2.96. The van der Waals surface area contributed by atoms with Crippen molar-refractivity contribution in [3.8, 4) is 23.0 Å². The van der Waals surface area contributed by atoms with Crippen molar-refractivity contribution in [1.82, 2.24) is 0 Å². The molecule has 0 heterocycles. The summed E-state index contributed by atoms with van der Waals surface area (Å²) in [5.74, 6) is -0.278. The van der Waals surface area contributed by atoms with E-state index < -0.39 is 28.4 Å². The number of nitrogens with zero attached hydrogens (tertiary/aromatic N) is 1. The van der Waals surface area contributed by atoms with Gasteiger partial charge >= 0.3 is 5.97 Å². The van der Waals surface area contributed by atoms with E-state index >= 15 is 0 Å². The van der Waals surface area contributed by atoms with Crippen LogP contribution in [0, 0.1) is 0 Å². The number of methoxy groups -OCH3 is 4. The molecule has 0 saturated carbocycles. The second kappa shape index (κ2) is 13.3. The third-order valence-corrected chi connectivity index (χ3v) is 7.71. The minimum absolute atomic E-state index is 0.0514. The number of amides is 1. The molecule has 1 amide bonds. The molecular formula is C27H29ClN2O9S. The second-order valence-electron chi connectivity index (χ2n) is 8.03. The predicted octanol–water partition coefficient (Wildman–Crippen LogP) is 4.39. The summed E-state index contributed by atoms with van der Waals surface area (Å²) in [7, 11) is 1.21. The molecule has 0 saturated heterocycles. The van der Waals surface area contributed by atoms with Crippen molar-refractivity contribution in [3.63, 3.8) is 0 Å². The SMILES string of the molecule is CCOC(=O)c1ccc(NC(=O)CN(c2cc(OC)ccc2OC)S(=O)(=O)c2ccc(OC)c(OC)c2)c(Cl)c1. The Morgan fingerprint density at radius 3 is 2.12 bits per heavy atom. The van der Waals surface area contributed by atoms with Gasteiger partial charge in [0.1, 0.15) is 18.0 Å². The summed E-state index contributed by atoms with van der Waals surface area (Å²) in [6, 6.07) is 12.8. The summed E-state index contributed by atoms with van der Waals surface area (Å²) in [6.07, 6.45) is 0. The van der Waals surface area contributed by atoms with E-state index in [1.165, 1.54) is 77.0 Å². The van der Waals surface area contributed by atoms with Crippen LogP contribution in [-0.4, -0.2) is 61.9 Å². The van der Waals surface area contributed by atoms with Crippen LogP contribution in [0.4, 0.5) is 11.4 Å². The minimum atomic E-state index is -4.38. The molecule has 1 N–H and O–H groups in total. The lowest BCUT2D eigenvalue weighted by molar-refractivity contribution is -0.114. The summed E-state index contributed by atoms with van der Waals surface area (Å²) in [5.41, 5.74) is 0.417. The molecule has 40 heavy (non-hydrogen) atoms. The van der Waals surface area contributed by atoms with Crippen molar-refractivity contribution in [1.29, 1.82) is 0 Å². The van der Waals surface area contributed by atoms with Gasteiger partial charge in [0, 0.05) is 12.1 Å². The van der Waals surface area contributed by atoms with Gasteiger partial charge in [-0.25, -0.2) is 13.2 Å². The van der Waals surface area contributed by atoms with Crippen LogP contribution in [0.15, 0.2) is 59.5 Å². The maximum atomic E-state index is 14.0. The molecule has 11 nitrogen and oxygen atoms in total. The Morgan fingerprint density at radius 2 is 1.52 bits per heavy atom. The highest BCUT2D eigenvalue weighted by Crippen LogP contribution is 2.37. The Kier molecular flexibility index (Phi) is 10.1. The summed E-state index contributed by atoms with van der Waals surface area (Å²) in [6.45, 7) is 1.19. The van der Waals surface area contributed by atoms with Gasteiger partial charge < -0.3 is 29.0 Å². The number of carbonyl (C=O) groups excluding carboxylic acids is 2. The standard InChI is InChI=1S/C27H29ClN2O9S/c1-6-39-27(32)17-7-10-21(20(28)13-17)29-26(31)16-30(22-14-18(35-2)8-11-23(22)36-3)40(33,34)19-9-12-24(37-4)25(15-19)38-5/h7-15H,6,16H2,1-5H3,(H,29,31). The van der Waals surface area contributed by atoms with E-state index in [0.717, 1.165) is 4.31 Å². The molecule has 13 heteroatoms. The maximum Gasteiger partial charge on any atom is 0.338 e. The summed E-state index contributed by atoms with van der Waals surface area (Å²) < 4.78 is 55.0. The molecule has 3 aromatic carbocycles. The fourth-order valence-electron chi connectivity index (χ4n) is 3.67. The number of nitrogens with one attached hydrogen (secondary N) is 1. The Labute approximate surface area is 237 Å². The van der Waals surface area contributed by atoms with Crippen LogP contribution in [-0.2, 0) is 19.6 Å². The molecule has 0 aliphatic rings. The van der Waals surface area contributed by atoms with Gasteiger partial charge in [0.05, 0.1) is 61.9 Å². The van der Waals surface area contributed by atoms with Crippen LogP contribution >= 0.6 is 11.6 Å². The average molecular weight is 593 g/mol. The van der Waals surface area contributed by atoms with Gasteiger partial charge in [-0.3, -0.25) is 9.10 Å². The van der Waals surface area contributed by atoms with Crippen LogP contribution in [0.5, 0.6) is 23.0 Å². The van der Waals surface area contributed by atoms with Gasteiger partial charge in [-0.15, -0.1) is 0 Å². The Bertz CT molecular complexity index is 1500. The molecule has 0 radical (unpaired) electrons. The molecule has 214 valence electrons. The first-order valence-electron chi connectivity index (χ1n) is 11.8. The predicted molar refractivity (Wildman–Crippen MR) is 150 cm³/mol. The molecule has 0 atom stereocenters. The van der Waals surface area contributed by atoms with Gasteiger partial charge in [-0.2, -0.15) is 0 Å². The van der Waals surface area contributed by atoms with Crippen LogP contribution in [0.1, 0.15) is 17.3 Å². The van der Waals surface area contributed by atoms with E-state index in [1.807, 2.05) is 0 Å². The normalized spacial score (nSPS) is 10.8. The molecule has 0 aliphatic heterocycles. The lowest BCUT2D eigenvalue weighted by Gasteiger charge is -2.26. The topological polar surface area (TPSA) is 130 Å². The second-order valence-corrected chi connectivity index (χ2v) is 10.3. The third kappa shape index (κ3) is 6.69. The lowest BCUT2D eigenvalue weighted by Crippen LogP contribution is -2.38. The van der Waals surface area contributed by atoms with Crippen molar-refractivity contribution < 1.29 is 41.7 Å². The van der Waals surface area contributed by atoms with Crippen molar-refractivity contribution in [2.45, 2.75) is 11.8 Å². The van der Waals surface area contributed by atoms with E-state index in [1.54, 1.807) is 13.0 Å². The summed E-state index contributed by atoms with van der Waals surface area (Å²) in [4.78, 5) is 25.1. The Morgan fingerprint density at radius 1 is 0.850 bits per heavy atom. The molecule has 0 spiro atoms. The van der Waals surface area contributed by atoms with Gasteiger partial charge in [-0.05, 0) is 49.4 Å². The molecule has 0 unspecified atom stereocenters. The number of ether oxygens (including phenoxy) is 5. The third-order valence-electron chi connectivity index (χ3n) is 5.64. The van der Waals surface area contributed by atoms with Crippen molar-refractivity contribution in [2.75, 3.05) is 51.2 Å². The highest BCUT2D eigenvalue weighted by atomic mass is 35.5. The van der Waals surface area contributed by atoms with Gasteiger partial charge in [0.25, 0.3) is 10.0 Å². The zero-order valence-electron chi connectivity index (χ0n) is 22.5. The molecule has 0 aromatic heterocycles. The molecule has 3 aromatic rings. The van der Waals surface area contributed by atoms with Gasteiger partial charge in [-0.1, -0.05) is 11.6 Å². The molecular weight excluding hydrogens is 564 g/mol. The number of esters is 1. The summed E-state index contributed by atoms with van der Waals surface area (Å²) >= 11 is 6.29. The zero-order valence-corrected chi connectivity index (χ0v) is 24.1. The number of benzene rings is 3. The quantitative estimate of drug-likeness (QED) is 0.304. The van der Waals surface area contributed by atoms with Crippen LogP contribution in [0.3, 0.4) is 0 Å². The molecule has 0 fully saturated rings. The van der Waals surface area contributed by atoms with E-state index in [0.29, 0.717) is 11.5 Å². The number of rotatable bonds is 12. The monoisotopic (exact) mass is 592 g/mol. The molecule has 0 aliphatic carbocycles. The smallest absolute Gasteiger partial charge is 0.338 e. The largest absolute Gasteiger partial charge is 0.497 e. The van der Waals surface area contributed by atoms with Crippen LogP contribution in [0.2, 0.25) is 5.02 Å². The highest BCUT2D eigenvalue weighted by molar-refractivity contribution is 7.92. The van der Waals surface area contributed by atoms with Gasteiger partial charge in [0.15, 0.2) is 11.5 Å². The van der Waals surface area contributed by atoms with Crippen LogP contribution < -0.4 is 28.6 Å². The van der Waals surface area contributed by atoms with Crippen molar-refractivity contribution in [3.05, 3.63) is 65.2 Å². The first-order chi connectivity index (χ1) is 19.1. The number of carbonyl (C=O) groups is 2. The highest BCUT2D eigenvalue weighted by Gasteiger charge is 2.31. The fourth-order valence-corrected chi connectivity index (χ4v) is 5.34. The first-order valence-corrected chi connectivity index (χ1v) is 13.6.